The lowest BCUT2D eigenvalue weighted by Crippen LogP contribution is -2.46. The van der Waals surface area contributed by atoms with E-state index in [4.69, 9.17) is 9.72 Å². The molecule has 0 aliphatic heterocycles. The molecule has 0 atom stereocenters. The first-order valence-electron chi connectivity index (χ1n) is 11.3. The summed E-state index contributed by atoms with van der Waals surface area (Å²) in [6.07, 6.45) is 7.69. The average molecular weight is 470 g/mol. The molecule has 11 heteroatoms. The van der Waals surface area contributed by atoms with Crippen molar-refractivity contribution in [3.05, 3.63) is 60.9 Å². The molecule has 1 aliphatic rings. The highest BCUT2D eigenvalue weighted by Gasteiger charge is 2.31. The first kappa shape index (κ1) is 21.2. The number of ether oxygens (including phenoxy) is 1. The molecule has 6 rings (SSSR count). The van der Waals surface area contributed by atoms with E-state index in [0.29, 0.717) is 28.5 Å². The number of benzene rings is 1. The minimum absolute atomic E-state index is 0.226. The van der Waals surface area contributed by atoms with E-state index in [9.17, 15) is 5.11 Å². The quantitative estimate of drug-likeness (QED) is 0.382. The molecule has 2 N–H and O–H groups in total. The van der Waals surface area contributed by atoms with Crippen LogP contribution in [-0.4, -0.2) is 58.8 Å². The van der Waals surface area contributed by atoms with Crippen LogP contribution in [0, 0.1) is 6.92 Å². The summed E-state index contributed by atoms with van der Waals surface area (Å²) in [4.78, 5) is 24.1. The molecule has 0 saturated heterocycles. The van der Waals surface area contributed by atoms with Crippen molar-refractivity contribution in [2.24, 2.45) is 0 Å². The summed E-state index contributed by atoms with van der Waals surface area (Å²) in [6, 6.07) is 9.73. The van der Waals surface area contributed by atoms with Gasteiger partial charge in [0.05, 0.1) is 12.3 Å². The number of fused-ring (bicyclic) bond motifs is 2. The van der Waals surface area contributed by atoms with Crippen molar-refractivity contribution in [2.45, 2.75) is 31.9 Å². The van der Waals surface area contributed by atoms with Gasteiger partial charge < -0.3 is 20.1 Å². The second kappa shape index (κ2) is 8.44. The number of aliphatic hydroxyl groups excluding tert-OH is 1. The van der Waals surface area contributed by atoms with Gasteiger partial charge in [-0.1, -0.05) is 0 Å². The molecule has 4 heterocycles. The van der Waals surface area contributed by atoms with Gasteiger partial charge in [0.25, 0.3) is 0 Å². The van der Waals surface area contributed by atoms with Crippen LogP contribution in [0.15, 0.2) is 55.4 Å². The molecule has 0 bridgehead atoms. The van der Waals surface area contributed by atoms with Crippen molar-refractivity contribution < 1.29 is 9.84 Å². The van der Waals surface area contributed by atoms with E-state index >= 15 is 0 Å². The fourth-order valence-corrected chi connectivity index (χ4v) is 4.11. The summed E-state index contributed by atoms with van der Waals surface area (Å²) >= 11 is 0. The summed E-state index contributed by atoms with van der Waals surface area (Å²) in [5, 5.41) is 17.1. The van der Waals surface area contributed by atoms with Crippen LogP contribution >= 0.6 is 0 Å². The van der Waals surface area contributed by atoms with Crippen LogP contribution in [0.25, 0.3) is 16.7 Å². The number of pyridine rings is 1. The van der Waals surface area contributed by atoms with Crippen LogP contribution in [0.3, 0.4) is 0 Å². The normalized spacial score (nSPS) is 17.3. The summed E-state index contributed by atoms with van der Waals surface area (Å²) in [5.41, 5.74) is 3.79. The molecule has 0 radical (unpaired) electrons. The van der Waals surface area contributed by atoms with Crippen LogP contribution in [0.5, 0.6) is 11.5 Å². The van der Waals surface area contributed by atoms with Crippen LogP contribution in [0.1, 0.15) is 18.4 Å². The zero-order valence-corrected chi connectivity index (χ0v) is 19.2. The Labute approximate surface area is 200 Å². The first-order chi connectivity index (χ1) is 17.0. The van der Waals surface area contributed by atoms with Crippen molar-refractivity contribution >= 4 is 34.1 Å². The number of hydrogen-bond acceptors (Lipinski definition) is 10. The molecular formula is C24H23N9O2. The molecule has 11 nitrogen and oxygen atoms in total. The van der Waals surface area contributed by atoms with Crippen molar-refractivity contribution in [2.75, 3.05) is 17.3 Å². The number of aliphatic hydroxyl groups is 1. The number of nitrogens with zero attached hydrogens (tertiary/aromatic N) is 8. The van der Waals surface area contributed by atoms with Gasteiger partial charge >= 0.3 is 0 Å². The Morgan fingerprint density at radius 1 is 1.09 bits per heavy atom. The smallest absolute Gasteiger partial charge is 0.226 e. The number of aromatic nitrogens is 7. The minimum Gasteiger partial charge on any atom is -0.457 e. The fourth-order valence-electron chi connectivity index (χ4n) is 4.11. The Morgan fingerprint density at radius 3 is 2.80 bits per heavy atom. The molecule has 176 valence electrons. The summed E-state index contributed by atoms with van der Waals surface area (Å²) in [6.45, 7) is 1.98. The summed E-state index contributed by atoms with van der Waals surface area (Å²) < 4.78 is 7.75. The maximum Gasteiger partial charge on any atom is 0.226 e. The van der Waals surface area contributed by atoms with Gasteiger partial charge in [0.15, 0.2) is 11.5 Å². The monoisotopic (exact) mass is 469 g/mol. The van der Waals surface area contributed by atoms with Crippen molar-refractivity contribution in [1.29, 1.82) is 0 Å². The largest absolute Gasteiger partial charge is 0.457 e. The van der Waals surface area contributed by atoms with Crippen LogP contribution in [0.2, 0.25) is 0 Å². The number of anilines is 3. The Morgan fingerprint density at radius 2 is 1.97 bits per heavy atom. The van der Waals surface area contributed by atoms with Gasteiger partial charge in [0, 0.05) is 31.0 Å². The Hall–Kier alpha value is -4.38. The van der Waals surface area contributed by atoms with Gasteiger partial charge in [0.1, 0.15) is 35.2 Å². The van der Waals surface area contributed by atoms with E-state index in [0.717, 1.165) is 35.5 Å². The second-order valence-corrected chi connectivity index (χ2v) is 8.65. The Balaban J connectivity index is 1.24. The zero-order chi connectivity index (χ0) is 23.9. The number of rotatable bonds is 6. The lowest BCUT2D eigenvalue weighted by Gasteiger charge is -2.38. The second-order valence-electron chi connectivity index (χ2n) is 8.65. The lowest BCUT2D eigenvalue weighted by molar-refractivity contribution is 0.0746. The summed E-state index contributed by atoms with van der Waals surface area (Å²) in [7, 11) is 1.94. The van der Waals surface area contributed by atoms with E-state index in [2.05, 4.69) is 30.4 Å². The molecule has 0 amide bonds. The van der Waals surface area contributed by atoms with Gasteiger partial charge in [-0.2, -0.15) is 5.10 Å². The molecule has 1 fully saturated rings. The Kier molecular flexibility index (Phi) is 5.10. The zero-order valence-electron chi connectivity index (χ0n) is 19.2. The molecule has 35 heavy (non-hydrogen) atoms. The predicted octanol–water partition coefficient (Wildman–Crippen LogP) is 3.27. The third-order valence-electron chi connectivity index (χ3n) is 6.23. The van der Waals surface area contributed by atoms with E-state index < -0.39 is 0 Å². The molecule has 1 aliphatic carbocycles. The fraction of sp³-hybridized carbons (Fsp3) is 0.250. The minimum atomic E-state index is -0.246. The third kappa shape index (κ3) is 4.06. The van der Waals surface area contributed by atoms with Gasteiger partial charge in [0.2, 0.25) is 5.95 Å². The molecule has 0 spiro atoms. The average Bonchev–Trinajstić information content (AvgIpc) is 3.31. The molecule has 5 aromatic rings. The first-order valence-corrected chi connectivity index (χ1v) is 11.3. The SMILES string of the molecule is Cc1cc(Nc2ncnc3cnc(N(C)C4CC(O)C4)nc23)ccc1Oc1ccn2ncnc2c1. The van der Waals surface area contributed by atoms with E-state index in [1.54, 1.807) is 10.7 Å². The maximum absolute atomic E-state index is 9.64. The van der Waals surface area contributed by atoms with E-state index in [1.165, 1.54) is 12.7 Å². The van der Waals surface area contributed by atoms with Crippen LogP contribution in [-0.2, 0) is 0 Å². The lowest BCUT2D eigenvalue weighted by atomic mass is 9.88. The summed E-state index contributed by atoms with van der Waals surface area (Å²) in [5.74, 6) is 2.59. The van der Waals surface area contributed by atoms with Gasteiger partial charge in [-0.15, -0.1) is 0 Å². The number of hydrogen-bond donors (Lipinski definition) is 2. The van der Waals surface area contributed by atoms with E-state index in [-0.39, 0.29) is 12.1 Å². The molecule has 4 aromatic heterocycles. The topological polar surface area (TPSA) is 126 Å². The number of nitrogens with one attached hydrogen (secondary N) is 1. The highest BCUT2D eigenvalue weighted by molar-refractivity contribution is 5.87. The van der Waals surface area contributed by atoms with Crippen molar-refractivity contribution in [3.63, 3.8) is 0 Å². The highest BCUT2D eigenvalue weighted by atomic mass is 16.5. The van der Waals surface area contributed by atoms with Gasteiger partial charge in [-0.05, 0) is 49.6 Å². The van der Waals surface area contributed by atoms with Gasteiger partial charge in [-0.3, -0.25) is 0 Å². The predicted molar refractivity (Wildman–Crippen MR) is 130 cm³/mol. The van der Waals surface area contributed by atoms with Crippen molar-refractivity contribution in [1.82, 2.24) is 34.5 Å². The van der Waals surface area contributed by atoms with Gasteiger partial charge in [-0.25, -0.2) is 29.4 Å². The molecule has 1 aromatic carbocycles. The molecular weight excluding hydrogens is 446 g/mol. The number of aryl methyl sites for hydroxylation is 1. The van der Waals surface area contributed by atoms with E-state index in [1.807, 2.05) is 55.4 Å². The standard InChI is InChI=1S/C24H23N9O2/c1-14-7-15(3-4-20(14)35-18-5-6-33-21(10-18)27-13-29-33)30-23-22-19(26-12-28-23)11-25-24(31-22)32(2)16-8-17(34)9-16/h3-7,10-13,16-17,34H,8-9H2,1-2H3,(H,26,28,30). The Bertz CT molecular complexity index is 1530. The maximum atomic E-state index is 9.64. The molecule has 0 unspecified atom stereocenters. The molecule has 1 saturated carbocycles. The van der Waals surface area contributed by atoms with Crippen molar-refractivity contribution in [3.8, 4) is 11.5 Å². The third-order valence-corrected chi connectivity index (χ3v) is 6.23. The van der Waals surface area contributed by atoms with Crippen LogP contribution in [0.4, 0.5) is 17.5 Å². The van der Waals surface area contributed by atoms with Crippen LogP contribution < -0.4 is 15.0 Å². The highest BCUT2D eigenvalue weighted by Crippen LogP contribution is 2.31.